The summed E-state index contributed by atoms with van der Waals surface area (Å²) in [5.41, 5.74) is 1.04. The zero-order chi connectivity index (χ0) is 19.1. The molecule has 0 spiro atoms. The van der Waals surface area contributed by atoms with Crippen molar-refractivity contribution in [2.24, 2.45) is 0 Å². The van der Waals surface area contributed by atoms with E-state index in [0.717, 1.165) is 56.9 Å². The molecule has 2 heterocycles. The van der Waals surface area contributed by atoms with Gasteiger partial charge in [-0.25, -0.2) is 0 Å². The van der Waals surface area contributed by atoms with E-state index in [-0.39, 0.29) is 6.10 Å². The van der Waals surface area contributed by atoms with Gasteiger partial charge < -0.3 is 19.8 Å². The summed E-state index contributed by atoms with van der Waals surface area (Å²) < 4.78 is 5.98. The summed E-state index contributed by atoms with van der Waals surface area (Å²) in [5, 5.41) is 20.8. The van der Waals surface area contributed by atoms with Gasteiger partial charge in [-0.05, 0) is 57.0 Å². The van der Waals surface area contributed by atoms with Crippen LogP contribution >= 0.6 is 11.6 Å². The third-order valence-electron chi connectivity index (χ3n) is 5.57. The first kappa shape index (κ1) is 20.9. The van der Waals surface area contributed by atoms with Crippen molar-refractivity contribution in [2.75, 3.05) is 39.3 Å². The highest BCUT2D eigenvalue weighted by atomic mass is 35.5. The summed E-state index contributed by atoms with van der Waals surface area (Å²) in [6.07, 6.45) is 5.99. The number of halogens is 1. The number of likely N-dealkylation sites (tertiary alicyclic amines) is 2. The molecule has 0 bridgehead atoms. The van der Waals surface area contributed by atoms with Crippen molar-refractivity contribution >= 4 is 11.6 Å². The first-order chi connectivity index (χ1) is 13.1. The number of benzene rings is 1. The minimum atomic E-state index is -0.489. The van der Waals surface area contributed by atoms with E-state index in [1.165, 1.54) is 25.7 Å². The lowest BCUT2D eigenvalue weighted by atomic mass is 10.1. The van der Waals surface area contributed by atoms with E-state index in [4.69, 9.17) is 16.3 Å². The van der Waals surface area contributed by atoms with Crippen LogP contribution in [-0.2, 0) is 6.54 Å². The smallest absolute Gasteiger partial charge is 0.124 e. The predicted molar refractivity (Wildman–Crippen MR) is 108 cm³/mol. The zero-order valence-corrected chi connectivity index (χ0v) is 16.9. The van der Waals surface area contributed by atoms with Crippen LogP contribution in [0, 0.1) is 0 Å². The minimum absolute atomic E-state index is 0.175. The van der Waals surface area contributed by atoms with Gasteiger partial charge in [-0.2, -0.15) is 0 Å². The fraction of sp³-hybridized carbons (Fsp3) is 0.714. The molecule has 27 heavy (non-hydrogen) atoms. The Morgan fingerprint density at radius 1 is 1.04 bits per heavy atom. The molecule has 0 radical (unpaired) electrons. The van der Waals surface area contributed by atoms with E-state index in [1.54, 1.807) is 0 Å². The maximum Gasteiger partial charge on any atom is 0.124 e. The summed E-state index contributed by atoms with van der Waals surface area (Å²) in [6.45, 7) is 5.63. The van der Waals surface area contributed by atoms with Gasteiger partial charge in [-0.15, -0.1) is 0 Å². The van der Waals surface area contributed by atoms with Gasteiger partial charge >= 0.3 is 0 Å². The van der Waals surface area contributed by atoms with Gasteiger partial charge in [-0.1, -0.05) is 24.4 Å². The average Bonchev–Trinajstić information content (AvgIpc) is 2.91. The average molecular weight is 397 g/mol. The molecule has 1 atom stereocenters. The summed E-state index contributed by atoms with van der Waals surface area (Å²) in [6, 6.07) is 5.68. The largest absolute Gasteiger partial charge is 0.491 e. The Hall–Kier alpha value is -0.850. The fourth-order valence-electron chi connectivity index (χ4n) is 3.99. The second-order valence-electron chi connectivity index (χ2n) is 7.94. The Kier molecular flexibility index (Phi) is 8.22. The van der Waals surface area contributed by atoms with Crippen LogP contribution in [0.1, 0.15) is 44.1 Å². The molecule has 2 saturated heterocycles. The lowest BCUT2D eigenvalue weighted by Gasteiger charge is -2.30. The van der Waals surface area contributed by atoms with Crippen molar-refractivity contribution in [3.63, 3.8) is 0 Å². The fourth-order valence-corrected chi connectivity index (χ4v) is 4.18. The number of hydrogen-bond acceptors (Lipinski definition) is 5. The van der Waals surface area contributed by atoms with Crippen LogP contribution in [0.4, 0.5) is 0 Å². The van der Waals surface area contributed by atoms with Crippen LogP contribution in [0.5, 0.6) is 5.75 Å². The molecule has 0 aliphatic carbocycles. The van der Waals surface area contributed by atoms with Gasteiger partial charge in [0, 0.05) is 36.8 Å². The van der Waals surface area contributed by atoms with Crippen LogP contribution in [0.15, 0.2) is 18.2 Å². The van der Waals surface area contributed by atoms with Crippen LogP contribution in [0.2, 0.25) is 5.02 Å². The van der Waals surface area contributed by atoms with Crippen LogP contribution in [0.25, 0.3) is 0 Å². The van der Waals surface area contributed by atoms with Gasteiger partial charge in [0.15, 0.2) is 0 Å². The number of β-amino-alcohol motifs (C(OH)–C–C–N with tert-alkyl or cyclic N) is 1. The van der Waals surface area contributed by atoms with Crippen molar-refractivity contribution in [3.05, 3.63) is 28.8 Å². The van der Waals surface area contributed by atoms with Gasteiger partial charge in [0.2, 0.25) is 0 Å². The molecule has 5 nitrogen and oxygen atoms in total. The molecule has 1 aromatic rings. The normalized spacial score (nSPS) is 21.7. The highest BCUT2D eigenvalue weighted by Gasteiger charge is 2.19. The highest BCUT2D eigenvalue weighted by Crippen LogP contribution is 2.26. The molecule has 2 aliphatic heterocycles. The van der Waals surface area contributed by atoms with Gasteiger partial charge in [-0.3, -0.25) is 4.90 Å². The molecular formula is C21H33ClN2O3. The van der Waals surface area contributed by atoms with E-state index in [2.05, 4.69) is 9.80 Å². The summed E-state index contributed by atoms with van der Waals surface area (Å²) in [7, 11) is 0. The molecule has 3 rings (SSSR count). The SMILES string of the molecule is OC1CCN(Cc2cc(Cl)ccc2OC[C@H](O)CN2CCCCCC2)CC1. The van der Waals surface area contributed by atoms with Gasteiger partial charge in [0.1, 0.15) is 18.5 Å². The van der Waals surface area contributed by atoms with E-state index in [0.29, 0.717) is 18.2 Å². The van der Waals surface area contributed by atoms with Gasteiger partial charge in [0.25, 0.3) is 0 Å². The second-order valence-corrected chi connectivity index (χ2v) is 8.38. The number of piperidine rings is 1. The van der Waals surface area contributed by atoms with E-state index >= 15 is 0 Å². The Balaban J connectivity index is 1.52. The molecular weight excluding hydrogens is 364 g/mol. The topological polar surface area (TPSA) is 56.2 Å². The van der Waals surface area contributed by atoms with Gasteiger partial charge in [0.05, 0.1) is 6.10 Å². The van der Waals surface area contributed by atoms with Crippen molar-refractivity contribution in [3.8, 4) is 5.75 Å². The molecule has 6 heteroatoms. The lowest BCUT2D eigenvalue weighted by Crippen LogP contribution is -2.36. The maximum atomic E-state index is 10.4. The first-order valence-corrected chi connectivity index (χ1v) is 10.7. The van der Waals surface area contributed by atoms with Crippen molar-refractivity contribution in [1.82, 2.24) is 9.80 Å². The molecule has 0 saturated carbocycles. The van der Waals surface area contributed by atoms with E-state index in [1.807, 2.05) is 18.2 Å². The lowest BCUT2D eigenvalue weighted by molar-refractivity contribution is 0.0666. The van der Waals surface area contributed by atoms with E-state index < -0.39 is 6.10 Å². The standard InChI is InChI=1S/C21H33ClN2O3/c22-18-5-6-21(17(13-18)14-24-11-7-19(25)8-12-24)27-16-20(26)15-23-9-3-1-2-4-10-23/h5-6,13,19-20,25-26H,1-4,7-12,14-16H2/t20-/m1/s1. The highest BCUT2D eigenvalue weighted by molar-refractivity contribution is 6.30. The second kappa shape index (κ2) is 10.6. The molecule has 0 amide bonds. The summed E-state index contributed by atoms with van der Waals surface area (Å²) in [5.74, 6) is 0.792. The van der Waals surface area contributed by atoms with E-state index in [9.17, 15) is 10.2 Å². The summed E-state index contributed by atoms with van der Waals surface area (Å²) in [4.78, 5) is 4.67. The third kappa shape index (κ3) is 6.91. The molecule has 2 fully saturated rings. The minimum Gasteiger partial charge on any atom is -0.491 e. The Morgan fingerprint density at radius 2 is 1.74 bits per heavy atom. The first-order valence-electron chi connectivity index (χ1n) is 10.3. The molecule has 2 aliphatic rings. The maximum absolute atomic E-state index is 10.4. The Morgan fingerprint density at radius 3 is 2.44 bits per heavy atom. The number of ether oxygens (including phenoxy) is 1. The van der Waals surface area contributed by atoms with Crippen molar-refractivity contribution < 1.29 is 14.9 Å². The quantitative estimate of drug-likeness (QED) is 0.742. The number of rotatable bonds is 7. The summed E-state index contributed by atoms with van der Waals surface area (Å²) >= 11 is 6.19. The van der Waals surface area contributed by atoms with Crippen LogP contribution in [-0.4, -0.2) is 71.6 Å². The molecule has 152 valence electrons. The molecule has 1 aromatic carbocycles. The van der Waals surface area contributed by atoms with Crippen LogP contribution in [0.3, 0.4) is 0 Å². The van der Waals surface area contributed by atoms with Crippen molar-refractivity contribution in [2.45, 2.75) is 57.3 Å². The number of nitrogens with zero attached hydrogens (tertiary/aromatic N) is 2. The van der Waals surface area contributed by atoms with Crippen molar-refractivity contribution in [1.29, 1.82) is 0 Å². The number of aliphatic hydroxyl groups is 2. The molecule has 0 aromatic heterocycles. The molecule has 2 N–H and O–H groups in total. The third-order valence-corrected chi connectivity index (χ3v) is 5.81. The monoisotopic (exact) mass is 396 g/mol. The zero-order valence-electron chi connectivity index (χ0n) is 16.2. The van der Waals surface area contributed by atoms with Crippen LogP contribution < -0.4 is 4.74 Å². The predicted octanol–water partition coefficient (Wildman–Crippen LogP) is 2.91. The number of aliphatic hydroxyl groups excluding tert-OH is 2. The Labute approximate surface area is 167 Å². The Bertz CT molecular complexity index is 571. The molecule has 0 unspecified atom stereocenters. The number of hydrogen-bond donors (Lipinski definition) is 2.